The molecule has 1 amide bonds. The van der Waals surface area contributed by atoms with Crippen LogP contribution in [0.2, 0.25) is 0 Å². The lowest BCUT2D eigenvalue weighted by Crippen LogP contribution is -2.52. The summed E-state index contributed by atoms with van der Waals surface area (Å²) in [5.74, 6) is 0.478. The number of likely N-dealkylation sites (tertiary alicyclic amines) is 1. The van der Waals surface area contributed by atoms with Crippen LogP contribution in [-0.4, -0.2) is 54.8 Å². The fourth-order valence-corrected chi connectivity index (χ4v) is 3.59. The number of hydrogen-bond acceptors (Lipinski definition) is 5. The fraction of sp³-hybridized carbons (Fsp3) is 0.562. The SMILES string of the molecule is CC(C)(C)[S+]([O-])/N=C1\c2cccnc2OC12CCN(C(=O)O)CC2. The number of pyridine rings is 1. The minimum Gasteiger partial charge on any atom is -0.591 e. The molecule has 0 radical (unpaired) electrons. The molecule has 0 saturated carbocycles. The van der Waals surface area contributed by atoms with Crippen LogP contribution in [0.25, 0.3) is 0 Å². The molecular formula is C16H21N3O4S. The van der Waals surface area contributed by atoms with Crippen molar-refractivity contribution in [1.82, 2.24) is 9.88 Å². The summed E-state index contributed by atoms with van der Waals surface area (Å²) in [6.07, 6.45) is 1.64. The number of carbonyl (C=O) groups is 1. The first kappa shape index (κ1) is 17.0. The Morgan fingerprint density at radius 1 is 1.46 bits per heavy atom. The predicted octanol–water partition coefficient (Wildman–Crippen LogP) is 2.24. The normalized spacial score (nSPS) is 22.3. The Kier molecular flexibility index (Phi) is 4.21. The molecular weight excluding hydrogens is 330 g/mol. The number of carboxylic acid groups (broad SMARTS) is 1. The van der Waals surface area contributed by atoms with Gasteiger partial charge in [-0.2, -0.15) is 0 Å². The molecule has 1 unspecified atom stereocenters. The minimum absolute atomic E-state index is 0.352. The molecule has 1 saturated heterocycles. The number of rotatable bonds is 1. The van der Waals surface area contributed by atoms with Crippen LogP contribution >= 0.6 is 0 Å². The van der Waals surface area contributed by atoms with Crippen LogP contribution in [0, 0.1) is 0 Å². The predicted molar refractivity (Wildman–Crippen MR) is 90.9 cm³/mol. The second-order valence-corrected chi connectivity index (χ2v) is 8.93. The van der Waals surface area contributed by atoms with Crippen LogP contribution in [0.15, 0.2) is 22.7 Å². The standard InChI is InChI=1S/C16H21N3O4S/c1-15(2,3)24(22)18-12-11-5-4-8-17-13(11)23-16(12)6-9-19(10-7-16)14(20)21/h4-5,8H,6-7,9-10H2,1-3H3,(H,20,21)/b18-12+. The van der Waals surface area contributed by atoms with Crippen molar-refractivity contribution in [1.29, 1.82) is 0 Å². The van der Waals surface area contributed by atoms with E-state index >= 15 is 0 Å². The lowest BCUT2D eigenvalue weighted by Gasteiger charge is -2.37. The van der Waals surface area contributed by atoms with Crippen molar-refractivity contribution in [3.63, 3.8) is 0 Å². The van der Waals surface area contributed by atoms with E-state index in [2.05, 4.69) is 9.38 Å². The summed E-state index contributed by atoms with van der Waals surface area (Å²) in [6.45, 7) is 6.31. The summed E-state index contributed by atoms with van der Waals surface area (Å²) in [6, 6.07) is 3.66. The average Bonchev–Trinajstić information content (AvgIpc) is 2.80. The summed E-state index contributed by atoms with van der Waals surface area (Å²) in [5, 5.41) is 9.15. The average molecular weight is 351 g/mol. The number of ether oxygens (including phenoxy) is 1. The molecule has 3 heterocycles. The second kappa shape index (κ2) is 5.93. The van der Waals surface area contributed by atoms with Gasteiger partial charge in [0.2, 0.25) is 5.88 Å². The molecule has 7 nitrogen and oxygen atoms in total. The first-order valence-electron chi connectivity index (χ1n) is 7.86. The van der Waals surface area contributed by atoms with Crippen molar-refractivity contribution in [2.75, 3.05) is 13.1 Å². The van der Waals surface area contributed by atoms with Gasteiger partial charge in [-0.05, 0) is 32.9 Å². The van der Waals surface area contributed by atoms with E-state index in [1.807, 2.05) is 26.8 Å². The lowest BCUT2D eigenvalue weighted by atomic mass is 9.85. The minimum atomic E-state index is -1.43. The van der Waals surface area contributed by atoms with Crippen LogP contribution in [0.3, 0.4) is 0 Å². The lowest BCUT2D eigenvalue weighted by molar-refractivity contribution is 0.0602. The van der Waals surface area contributed by atoms with Crippen LogP contribution in [0.5, 0.6) is 5.88 Å². The third-order valence-corrected chi connectivity index (χ3v) is 5.69. The molecule has 0 aliphatic carbocycles. The molecule has 0 bridgehead atoms. The topological polar surface area (TPSA) is 98.1 Å². The van der Waals surface area contributed by atoms with Gasteiger partial charge in [0.25, 0.3) is 0 Å². The zero-order chi connectivity index (χ0) is 17.5. The van der Waals surface area contributed by atoms with Crippen LogP contribution in [-0.2, 0) is 11.4 Å². The van der Waals surface area contributed by atoms with Gasteiger partial charge in [0.1, 0.15) is 21.8 Å². The largest absolute Gasteiger partial charge is 0.591 e. The van der Waals surface area contributed by atoms with Crippen molar-refractivity contribution >= 4 is 23.2 Å². The second-order valence-electron chi connectivity index (χ2n) is 7.02. The summed E-state index contributed by atoms with van der Waals surface area (Å²) in [4.78, 5) is 16.8. The highest BCUT2D eigenvalue weighted by atomic mass is 32.2. The third kappa shape index (κ3) is 2.95. The Labute approximate surface area is 144 Å². The molecule has 1 N–H and O–H groups in total. The van der Waals surface area contributed by atoms with Crippen LogP contribution in [0.1, 0.15) is 39.2 Å². The number of nitrogens with zero attached hydrogens (tertiary/aromatic N) is 3. The van der Waals surface area contributed by atoms with Gasteiger partial charge in [-0.15, -0.1) is 0 Å². The van der Waals surface area contributed by atoms with Gasteiger partial charge in [-0.25, -0.2) is 9.78 Å². The van der Waals surface area contributed by atoms with E-state index < -0.39 is 27.8 Å². The zero-order valence-corrected chi connectivity index (χ0v) is 14.8. The van der Waals surface area contributed by atoms with Gasteiger partial charge in [0.15, 0.2) is 5.60 Å². The van der Waals surface area contributed by atoms with Crippen molar-refractivity contribution in [2.24, 2.45) is 4.40 Å². The molecule has 1 fully saturated rings. The van der Waals surface area contributed by atoms with E-state index in [4.69, 9.17) is 9.84 Å². The summed E-state index contributed by atoms with van der Waals surface area (Å²) >= 11 is -1.43. The number of piperidine rings is 1. The zero-order valence-electron chi connectivity index (χ0n) is 14.0. The molecule has 1 aromatic rings. The Hall–Kier alpha value is -1.80. The highest BCUT2D eigenvalue weighted by Crippen LogP contribution is 2.41. The van der Waals surface area contributed by atoms with Crippen LogP contribution in [0.4, 0.5) is 4.79 Å². The number of amides is 1. The summed E-state index contributed by atoms with van der Waals surface area (Å²) in [7, 11) is 0. The molecule has 3 rings (SSSR count). The molecule has 24 heavy (non-hydrogen) atoms. The Morgan fingerprint density at radius 3 is 2.71 bits per heavy atom. The maximum absolute atomic E-state index is 12.6. The van der Waals surface area contributed by atoms with E-state index in [9.17, 15) is 9.35 Å². The molecule has 2 aliphatic heterocycles. The van der Waals surface area contributed by atoms with E-state index in [1.54, 1.807) is 12.3 Å². The molecule has 1 aromatic heterocycles. The molecule has 0 aromatic carbocycles. The smallest absolute Gasteiger partial charge is 0.407 e. The van der Waals surface area contributed by atoms with Gasteiger partial charge in [0.05, 0.1) is 5.56 Å². The first-order chi connectivity index (χ1) is 11.2. The van der Waals surface area contributed by atoms with Gasteiger partial charge in [-0.1, -0.05) is 4.40 Å². The van der Waals surface area contributed by atoms with E-state index in [0.29, 0.717) is 37.5 Å². The fourth-order valence-electron chi connectivity index (χ4n) is 2.88. The van der Waals surface area contributed by atoms with E-state index in [-0.39, 0.29) is 0 Å². The van der Waals surface area contributed by atoms with Crippen molar-refractivity contribution in [3.8, 4) is 5.88 Å². The van der Waals surface area contributed by atoms with Crippen molar-refractivity contribution in [2.45, 2.75) is 44.0 Å². The summed E-state index contributed by atoms with van der Waals surface area (Å²) in [5.41, 5.74) is 0.631. The van der Waals surface area contributed by atoms with Crippen molar-refractivity contribution in [3.05, 3.63) is 23.9 Å². The molecule has 8 heteroatoms. The molecule has 2 aliphatic rings. The van der Waals surface area contributed by atoms with Crippen molar-refractivity contribution < 1.29 is 19.2 Å². The maximum atomic E-state index is 12.6. The molecule has 130 valence electrons. The maximum Gasteiger partial charge on any atom is 0.407 e. The van der Waals surface area contributed by atoms with Gasteiger partial charge < -0.3 is 19.3 Å². The van der Waals surface area contributed by atoms with E-state index in [0.717, 1.165) is 5.56 Å². The first-order valence-corrected chi connectivity index (χ1v) is 8.97. The Balaban J connectivity index is 1.98. The highest BCUT2D eigenvalue weighted by Gasteiger charge is 2.51. The molecule has 1 atom stereocenters. The van der Waals surface area contributed by atoms with Gasteiger partial charge >= 0.3 is 6.09 Å². The summed E-state index contributed by atoms with van der Waals surface area (Å²) < 4.78 is 22.7. The van der Waals surface area contributed by atoms with Gasteiger partial charge in [-0.3, -0.25) is 0 Å². The highest BCUT2D eigenvalue weighted by molar-refractivity contribution is 7.91. The monoisotopic (exact) mass is 351 g/mol. The number of fused-ring (bicyclic) bond motifs is 1. The Morgan fingerprint density at radius 2 is 2.12 bits per heavy atom. The van der Waals surface area contributed by atoms with Gasteiger partial charge in [0, 0.05) is 32.1 Å². The number of hydrogen-bond donors (Lipinski definition) is 1. The molecule has 1 spiro atoms. The third-order valence-electron chi connectivity index (χ3n) is 4.29. The van der Waals surface area contributed by atoms with Crippen LogP contribution < -0.4 is 4.74 Å². The Bertz CT molecular complexity index is 678. The quantitative estimate of drug-likeness (QED) is 0.783. The number of aromatic nitrogens is 1. The van der Waals surface area contributed by atoms with E-state index in [1.165, 1.54) is 4.90 Å².